The van der Waals surface area contributed by atoms with Gasteiger partial charge in [0.15, 0.2) is 5.13 Å². The van der Waals surface area contributed by atoms with Crippen molar-refractivity contribution in [2.45, 2.75) is 44.2 Å². The standard InChI is InChI=1S/C14H20N2O4S/c1-8-7-20-9(6-17)5-16(8)14-15-12-10(13(18)19)3-2-4-11(12)21-14/h8-10,17H,2-7H2,1H3,(H,18,19). The third-order valence-corrected chi connectivity index (χ3v) is 5.36. The molecule has 0 radical (unpaired) electrons. The largest absolute Gasteiger partial charge is 0.481 e. The molecular weight excluding hydrogens is 292 g/mol. The number of carboxylic acid groups (broad SMARTS) is 1. The Balaban J connectivity index is 1.88. The maximum Gasteiger partial charge on any atom is 0.312 e. The summed E-state index contributed by atoms with van der Waals surface area (Å²) in [6.07, 6.45) is 2.30. The lowest BCUT2D eigenvalue weighted by molar-refractivity contribution is -0.139. The van der Waals surface area contributed by atoms with Crippen molar-refractivity contribution in [1.29, 1.82) is 0 Å². The molecule has 2 aliphatic rings. The van der Waals surface area contributed by atoms with Crippen LogP contribution in [0.5, 0.6) is 0 Å². The predicted molar refractivity (Wildman–Crippen MR) is 79.1 cm³/mol. The molecule has 0 bridgehead atoms. The lowest BCUT2D eigenvalue weighted by Gasteiger charge is -2.37. The number of carboxylic acids is 1. The van der Waals surface area contributed by atoms with Crippen LogP contribution in [0.15, 0.2) is 0 Å². The third kappa shape index (κ3) is 2.77. The molecule has 3 unspecified atom stereocenters. The van der Waals surface area contributed by atoms with Crippen molar-refractivity contribution < 1.29 is 19.7 Å². The number of fused-ring (bicyclic) bond motifs is 1. The Hall–Kier alpha value is -1.18. The number of ether oxygens (including phenoxy) is 1. The number of aliphatic hydroxyl groups is 1. The van der Waals surface area contributed by atoms with Crippen molar-refractivity contribution in [2.75, 3.05) is 24.7 Å². The molecule has 2 heterocycles. The number of thiazole rings is 1. The van der Waals surface area contributed by atoms with Crippen LogP contribution in [0, 0.1) is 0 Å². The topological polar surface area (TPSA) is 82.9 Å². The van der Waals surface area contributed by atoms with E-state index >= 15 is 0 Å². The van der Waals surface area contributed by atoms with Gasteiger partial charge in [-0.05, 0) is 26.2 Å². The highest BCUT2D eigenvalue weighted by molar-refractivity contribution is 7.15. The van der Waals surface area contributed by atoms with Crippen LogP contribution in [0.1, 0.15) is 36.3 Å². The minimum Gasteiger partial charge on any atom is -0.481 e. The van der Waals surface area contributed by atoms with Crippen LogP contribution in [0.2, 0.25) is 0 Å². The van der Waals surface area contributed by atoms with Gasteiger partial charge in [0.2, 0.25) is 0 Å². The lowest BCUT2D eigenvalue weighted by Crippen LogP contribution is -2.49. The van der Waals surface area contributed by atoms with E-state index in [1.807, 2.05) is 0 Å². The average molecular weight is 312 g/mol. The number of carbonyl (C=O) groups is 1. The molecule has 1 aliphatic carbocycles. The monoisotopic (exact) mass is 312 g/mol. The van der Waals surface area contributed by atoms with Gasteiger partial charge in [0, 0.05) is 11.4 Å². The van der Waals surface area contributed by atoms with Crippen LogP contribution < -0.4 is 4.90 Å². The Bertz CT molecular complexity index is 533. The Morgan fingerprint density at radius 2 is 2.38 bits per heavy atom. The second-order valence-electron chi connectivity index (χ2n) is 5.73. The molecule has 1 aromatic rings. The molecule has 3 atom stereocenters. The van der Waals surface area contributed by atoms with Crippen molar-refractivity contribution >= 4 is 22.4 Å². The van der Waals surface area contributed by atoms with Gasteiger partial charge in [-0.1, -0.05) is 0 Å². The molecule has 7 heteroatoms. The van der Waals surface area contributed by atoms with Gasteiger partial charge in [-0.3, -0.25) is 4.79 Å². The van der Waals surface area contributed by atoms with Gasteiger partial charge >= 0.3 is 5.97 Å². The molecule has 0 saturated carbocycles. The minimum atomic E-state index is -0.781. The molecule has 3 rings (SSSR count). The number of aromatic nitrogens is 1. The fourth-order valence-corrected chi connectivity index (χ4v) is 4.24. The summed E-state index contributed by atoms with van der Waals surface area (Å²) in [6, 6.07) is 0.184. The number of aliphatic carboxylic acids is 1. The smallest absolute Gasteiger partial charge is 0.312 e. The molecule has 116 valence electrons. The summed E-state index contributed by atoms with van der Waals surface area (Å²) in [4.78, 5) is 19.2. The summed E-state index contributed by atoms with van der Waals surface area (Å²) >= 11 is 1.59. The number of aliphatic hydroxyl groups excluding tert-OH is 1. The van der Waals surface area contributed by atoms with Gasteiger partial charge < -0.3 is 19.8 Å². The Morgan fingerprint density at radius 3 is 3.10 bits per heavy atom. The van der Waals surface area contributed by atoms with E-state index in [0.717, 1.165) is 28.5 Å². The van der Waals surface area contributed by atoms with E-state index in [2.05, 4.69) is 16.8 Å². The van der Waals surface area contributed by atoms with Crippen molar-refractivity contribution in [3.63, 3.8) is 0 Å². The lowest BCUT2D eigenvalue weighted by atomic mass is 9.91. The SMILES string of the molecule is CC1COC(CO)CN1c1nc2c(s1)CCCC2C(=O)O. The number of nitrogens with zero attached hydrogens (tertiary/aromatic N) is 2. The molecule has 1 saturated heterocycles. The first-order valence-corrected chi connectivity index (χ1v) is 8.13. The fraction of sp³-hybridized carbons (Fsp3) is 0.714. The van der Waals surface area contributed by atoms with Crippen LogP contribution in [0.4, 0.5) is 5.13 Å². The van der Waals surface area contributed by atoms with Gasteiger partial charge in [-0.15, -0.1) is 11.3 Å². The molecule has 1 aromatic heterocycles. The van der Waals surface area contributed by atoms with E-state index in [1.54, 1.807) is 11.3 Å². The second-order valence-corrected chi connectivity index (χ2v) is 6.79. The number of anilines is 1. The maximum absolute atomic E-state index is 11.4. The van der Waals surface area contributed by atoms with Crippen LogP contribution in [0.3, 0.4) is 0 Å². The van der Waals surface area contributed by atoms with Crippen LogP contribution in [0.25, 0.3) is 0 Å². The molecule has 2 N–H and O–H groups in total. The van der Waals surface area contributed by atoms with Gasteiger partial charge in [0.05, 0.1) is 31.1 Å². The van der Waals surface area contributed by atoms with Crippen molar-refractivity contribution in [2.24, 2.45) is 0 Å². The zero-order valence-electron chi connectivity index (χ0n) is 12.0. The highest BCUT2D eigenvalue weighted by atomic mass is 32.1. The highest BCUT2D eigenvalue weighted by Crippen LogP contribution is 2.39. The first-order valence-electron chi connectivity index (χ1n) is 7.31. The molecule has 0 spiro atoms. The summed E-state index contributed by atoms with van der Waals surface area (Å²) in [5, 5.41) is 19.5. The number of hydrogen-bond donors (Lipinski definition) is 2. The van der Waals surface area contributed by atoms with Gasteiger partial charge in [-0.25, -0.2) is 4.98 Å². The first-order chi connectivity index (χ1) is 10.1. The van der Waals surface area contributed by atoms with E-state index in [0.29, 0.717) is 19.6 Å². The van der Waals surface area contributed by atoms with Crippen molar-refractivity contribution in [3.8, 4) is 0 Å². The van der Waals surface area contributed by atoms with E-state index in [4.69, 9.17) is 4.74 Å². The molecule has 0 aromatic carbocycles. The Labute approximate surface area is 127 Å². The summed E-state index contributed by atoms with van der Waals surface area (Å²) in [7, 11) is 0. The summed E-state index contributed by atoms with van der Waals surface area (Å²) in [5.41, 5.74) is 0.744. The van der Waals surface area contributed by atoms with E-state index in [1.165, 1.54) is 0 Å². The predicted octanol–water partition coefficient (Wildman–Crippen LogP) is 1.23. The molecular formula is C14H20N2O4S. The summed E-state index contributed by atoms with van der Waals surface area (Å²) in [6.45, 7) is 3.20. The minimum absolute atomic E-state index is 0.00788. The Morgan fingerprint density at radius 1 is 1.57 bits per heavy atom. The van der Waals surface area contributed by atoms with Crippen LogP contribution >= 0.6 is 11.3 Å². The van der Waals surface area contributed by atoms with Crippen LogP contribution in [-0.4, -0.2) is 53.1 Å². The zero-order chi connectivity index (χ0) is 15.0. The molecule has 1 fully saturated rings. The van der Waals surface area contributed by atoms with Crippen LogP contribution in [-0.2, 0) is 16.0 Å². The molecule has 21 heavy (non-hydrogen) atoms. The van der Waals surface area contributed by atoms with Gasteiger partial charge in [0.1, 0.15) is 5.92 Å². The molecule has 0 amide bonds. The first kappa shape index (κ1) is 14.7. The van der Waals surface area contributed by atoms with Gasteiger partial charge in [0.25, 0.3) is 0 Å². The fourth-order valence-electron chi connectivity index (χ4n) is 2.96. The van der Waals surface area contributed by atoms with E-state index in [9.17, 15) is 15.0 Å². The van der Waals surface area contributed by atoms with E-state index < -0.39 is 11.9 Å². The summed E-state index contributed by atoms with van der Waals surface area (Å²) < 4.78 is 5.54. The Kier molecular flexibility index (Phi) is 4.14. The summed E-state index contributed by atoms with van der Waals surface area (Å²) in [5.74, 6) is -1.25. The quantitative estimate of drug-likeness (QED) is 0.873. The van der Waals surface area contributed by atoms with E-state index in [-0.39, 0.29) is 18.8 Å². The molecule has 1 aliphatic heterocycles. The second kappa shape index (κ2) is 5.90. The van der Waals surface area contributed by atoms with Gasteiger partial charge in [-0.2, -0.15) is 0 Å². The number of rotatable bonds is 3. The number of hydrogen-bond acceptors (Lipinski definition) is 6. The molecule has 6 nitrogen and oxygen atoms in total. The normalized spacial score (nSPS) is 29.2. The number of aryl methyl sites for hydroxylation is 1. The third-order valence-electron chi connectivity index (χ3n) is 4.20. The zero-order valence-corrected chi connectivity index (χ0v) is 12.8. The van der Waals surface area contributed by atoms with Crippen molar-refractivity contribution in [1.82, 2.24) is 4.98 Å². The maximum atomic E-state index is 11.4. The highest BCUT2D eigenvalue weighted by Gasteiger charge is 2.33. The van der Waals surface area contributed by atoms with Crippen molar-refractivity contribution in [3.05, 3.63) is 10.6 Å². The average Bonchev–Trinajstić information content (AvgIpc) is 2.91. The number of morpholine rings is 1.